The van der Waals surface area contributed by atoms with Crippen LogP contribution in [0.3, 0.4) is 0 Å². The van der Waals surface area contributed by atoms with Crippen molar-refractivity contribution >= 4 is 5.97 Å². The van der Waals surface area contributed by atoms with Crippen LogP contribution in [0.25, 0.3) is 0 Å². The van der Waals surface area contributed by atoms with Crippen molar-refractivity contribution in [3.8, 4) is 0 Å². The zero-order valence-electron chi connectivity index (χ0n) is 37.5. The van der Waals surface area contributed by atoms with Gasteiger partial charge in [-0.3, -0.25) is 4.79 Å². The van der Waals surface area contributed by atoms with E-state index in [1.54, 1.807) is 0 Å². The van der Waals surface area contributed by atoms with E-state index in [1.807, 2.05) is 0 Å². The number of esters is 1. The number of allylic oxidation sites excluding steroid dienone is 10. The van der Waals surface area contributed by atoms with Crippen LogP contribution in [0, 0.1) is 0 Å². The van der Waals surface area contributed by atoms with E-state index in [0.29, 0.717) is 6.61 Å². The molecule has 0 aromatic carbocycles. The van der Waals surface area contributed by atoms with Crippen molar-refractivity contribution in [2.24, 2.45) is 0 Å². The van der Waals surface area contributed by atoms with Crippen molar-refractivity contribution in [2.75, 3.05) is 26.4 Å². The number of hydrogen-bond donors (Lipinski definition) is 4. The quantitative estimate of drug-likeness (QED) is 0.0270. The average molecular weight is 833 g/mol. The molecule has 59 heavy (non-hydrogen) atoms. The summed E-state index contributed by atoms with van der Waals surface area (Å²) in [5.74, 6) is -0.338. The Kier molecular flexibility index (Phi) is 38.4. The monoisotopic (exact) mass is 833 g/mol. The maximum Gasteiger partial charge on any atom is 0.306 e. The lowest BCUT2D eigenvalue weighted by Crippen LogP contribution is -2.59. The molecule has 342 valence electrons. The molecule has 9 nitrogen and oxygen atoms in total. The topological polar surface area (TPSA) is 135 Å². The Labute approximate surface area is 360 Å². The number of unbranched alkanes of at least 4 members (excludes halogenated alkanes) is 19. The molecular formula is C50H88O9. The fraction of sp³-hybridized carbons (Fsp3) is 0.780. The molecule has 1 rings (SSSR count). The van der Waals surface area contributed by atoms with Gasteiger partial charge < -0.3 is 39.4 Å². The number of aliphatic hydroxyl groups is 4. The Bertz CT molecular complexity index is 1080. The van der Waals surface area contributed by atoms with Gasteiger partial charge in [-0.1, -0.05) is 164 Å². The minimum absolute atomic E-state index is 0.127. The zero-order valence-corrected chi connectivity index (χ0v) is 37.5. The van der Waals surface area contributed by atoms with Gasteiger partial charge in [0.05, 0.1) is 19.8 Å². The van der Waals surface area contributed by atoms with Crippen molar-refractivity contribution in [1.82, 2.24) is 0 Å². The maximum absolute atomic E-state index is 12.8. The summed E-state index contributed by atoms with van der Waals surface area (Å²) in [6.45, 7) is 4.41. The molecule has 0 saturated carbocycles. The van der Waals surface area contributed by atoms with Crippen LogP contribution in [-0.2, 0) is 23.7 Å². The lowest BCUT2D eigenvalue weighted by Gasteiger charge is -2.39. The third-order valence-corrected chi connectivity index (χ3v) is 10.7. The highest BCUT2D eigenvalue weighted by molar-refractivity contribution is 5.69. The smallest absolute Gasteiger partial charge is 0.306 e. The van der Waals surface area contributed by atoms with E-state index in [9.17, 15) is 25.2 Å². The third-order valence-electron chi connectivity index (χ3n) is 10.7. The standard InChI is InChI=1S/C50H88O9/c1-3-5-7-9-11-13-15-17-19-21-22-24-26-28-30-32-34-36-38-40-56-42-44(43-57-50-49(55)48(54)47(53)45(41-51)59-50)58-46(52)39-37-35-33-31-29-27-25-23-20-18-16-14-12-10-8-6-4-2/h6,8,12,14,18-21,25,27,44-45,47-51,53-55H,3-5,7,9-11,13,15-17,22-24,26,28-43H2,1-2H3/b8-6-,14-12-,20-18-,21-19-,27-25-. The molecule has 4 N–H and O–H groups in total. The summed E-state index contributed by atoms with van der Waals surface area (Å²) >= 11 is 0. The van der Waals surface area contributed by atoms with E-state index in [-0.39, 0.29) is 25.6 Å². The molecular weight excluding hydrogens is 745 g/mol. The van der Waals surface area contributed by atoms with Gasteiger partial charge in [0.1, 0.15) is 30.5 Å². The van der Waals surface area contributed by atoms with Gasteiger partial charge in [0.25, 0.3) is 0 Å². The molecule has 9 heteroatoms. The van der Waals surface area contributed by atoms with Crippen LogP contribution in [0.1, 0.15) is 187 Å². The second kappa shape index (κ2) is 41.3. The molecule has 0 bridgehead atoms. The SMILES string of the molecule is CC/C=C\C/C=C\C/C=C\C/C=C\CCCCCCC(=O)OC(COCCCCCCCCCC/C=C\CCCCCCCCC)COC1OC(CO)C(O)C(O)C1O. The van der Waals surface area contributed by atoms with Gasteiger partial charge in [0.15, 0.2) is 6.29 Å². The van der Waals surface area contributed by atoms with Crippen LogP contribution in [-0.4, -0.2) is 89.6 Å². The Morgan fingerprint density at radius 3 is 1.58 bits per heavy atom. The summed E-state index contributed by atoms with van der Waals surface area (Å²) in [4.78, 5) is 12.8. The minimum Gasteiger partial charge on any atom is -0.457 e. The minimum atomic E-state index is -1.54. The first-order chi connectivity index (χ1) is 28.9. The summed E-state index contributed by atoms with van der Waals surface area (Å²) in [6.07, 6.45) is 45.3. The molecule has 6 unspecified atom stereocenters. The van der Waals surface area contributed by atoms with E-state index in [4.69, 9.17) is 18.9 Å². The van der Waals surface area contributed by atoms with Gasteiger partial charge in [-0.25, -0.2) is 0 Å². The number of carbonyl (C=O) groups is 1. The van der Waals surface area contributed by atoms with Crippen molar-refractivity contribution in [3.63, 3.8) is 0 Å². The number of rotatable bonds is 40. The average Bonchev–Trinajstić information content (AvgIpc) is 3.24. The normalized spacial score (nSPS) is 20.7. The lowest BCUT2D eigenvalue weighted by molar-refractivity contribution is -0.305. The number of aliphatic hydroxyl groups excluding tert-OH is 4. The van der Waals surface area contributed by atoms with Gasteiger partial charge in [-0.15, -0.1) is 0 Å². The number of carbonyl (C=O) groups excluding carboxylic acids is 1. The van der Waals surface area contributed by atoms with Crippen molar-refractivity contribution in [3.05, 3.63) is 60.8 Å². The Balaban J connectivity index is 2.26. The molecule has 1 heterocycles. The number of ether oxygens (including phenoxy) is 4. The van der Waals surface area contributed by atoms with Gasteiger partial charge in [0.2, 0.25) is 0 Å². The molecule has 0 radical (unpaired) electrons. The summed E-state index contributed by atoms with van der Waals surface area (Å²) in [5.41, 5.74) is 0. The Morgan fingerprint density at radius 2 is 1.03 bits per heavy atom. The van der Waals surface area contributed by atoms with E-state index >= 15 is 0 Å². The van der Waals surface area contributed by atoms with Crippen molar-refractivity contribution in [1.29, 1.82) is 0 Å². The summed E-state index contributed by atoms with van der Waals surface area (Å²) in [5, 5.41) is 40.2. The highest BCUT2D eigenvalue weighted by Gasteiger charge is 2.44. The molecule has 0 spiro atoms. The molecule has 1 saturated heterocycles. The molecule has 0 aromatic rings. The van der Waals surface area contributed by atoms with Crippen LogP contribution in [0.2, 0.25) is 0 Å². The van der Waals surface area contributed by atoms with Crippen LogP contribution in [0.4, 0.5) is 0 Å². The van der Waals surface area contributed by atoms with Crippen LogP contribution in [0.15, 0.2) is 60.8 Å². The molecule has 1 aliphatic heterocycles. The largest absolute Gasteiger partial charge is 0.457 e. The van der Waals surface area contributed by atoms with Gasteiger partial charge in [-0.05, 0) is 77.0 Å². The van der Waals surface area contributed by atoms with E-state index in [2.05, 4.69) is 74.6 Å². The summed E-state index contributed by atoms with van der Waals surface area (Å²) in [7, 11) is 0. The van der Waals surface area contributed by atoms with Crippen molar-refractivity contribution < 1.29 is 44.2 Å². The van der Waals surface area contributed by atoms with Crippen molar-refractivity contribution in [2.45, 2.75) is 224 Å². The molecule has 0 aliphatic carbocycles. The van der Waals surface area contributed by atoms with Gasteiger partial charge in [0, 0.05) is 13.0 Å². The fourth-order valence-electron chi connectivity index (χ4n) is 6.95. The second-order valence-corrected chi connectivity index (χ2v) is 16.2. The molecule has 0 aromatic heterocycles. The molecule has 1 fully saturated rings. The summed E-state index contributed by atoms with van der Waals surface area (Å²) in [6, 6.07) is 0. The fourth-order valence-corrected chi connectivity index (χ4v) is 6.95. The second-order valence-electron chi connectivity index (χ2n) is 16.2. The first-order valence-electron chi connectivity index (χ1n) is 23.9. The van der Waals surface area contributed by atoms with Crippen LogP contribution < -0.4 is 0 Å². The van der Waals surface area contributed by atoms with Crippen LogP contribution >= 0.6 is 0 Å². The first kappa shape index (κ1) is 54.9. The predicted octanol–water partition coefficient (Wildman–Crippen LogP) is 11.1. The molecule has 0 amide bonds. The third kappa shape index (κ3) is 32.3. The van der Waals surface area contributed by atoms with Gasteiger partial charge >= 0.3 is 5.97 Å². The highest BCUT2D eigenvalue weighted by atomic mass is 16.7. The van der Waals surface area contributed by atoms with E-state index in [1.165, 1.54) is 96.3 Å². The lowest BCUT2D eigenvalue weighted by atomic mass is 9.99. The zero-order chi connectivity index (χ0) is 42.9. The van der Waals surface area contributed by atoms with Crippen LogP contribution in [0.5, 0.6) is 0 Å². The van der Waals surface area contributed by atoms with Gasteiger partial charge in [-0.2, -0.15) is 0 Å². The van der Waals surface area contributed by atoms with E-state index in [0.717, 1.165) is 70.6 Å². The summed E-state index contributed by atoms with van der Waals surface area (Å²) < 4.78 is 22.8. The molecule has 6 atom stereocenters. The van der Waals surface area contributed by atoms with E-state index < -0.39 is 43.4 Å². The predicted molar refractivity (Wildman–Crippen MR) is 242 cm³/mol. The Hall–Kier alpha value is -2.11. The first-order valence-corrected chi connectivity index (χ1v) is 23.9. The maximum atomic E-state index is 12.8. The molecule has 1 aliphatic rings. The highest BCUT2D eigenvalue weighted by Crippen LogP contribution is 2.22. The number of hydrogen-bond acceptors (Lipinski definition) is 9. The Morgan fingerprint density at radius 1 is 0.559 bits per heavy atom.